The quantitative estimate of drug-likeness (QED) is 0.592. The van der Waals surface area contributed by atoms with Gasteiger partial charge in [-0.2, -0.15) is 11.8 Å². The smallest absolute Gasteiger partial charge is 0.0602 e. The Hall–Kier alpha value is 0.310. The van der Waals surface area contributed by atoms with Crippen LogP contribution < -0.4 is 0 Å². The molecule has 1 aliphatic heterocycles. The molecule has 0 aromatic rings. The molecule has 1 saturated heterocycles. The predicted octanol–water partition coefficient (Wildman–Crippen LogP) is 1.37. The molecule has 62 valence electrons. The van der Waals surface area contributed by atoms with Crippen LogP contribution in [0.1, 0.15) is 12.8 Å². The van der Waals surface area contributed by atoms with Gasteiger partial charge in [-0.1, -0.05) is 0 Å². The zero-order valence-electron chi connectivity index (χ0n) is 6.57. The van der Waals surface area contributed by atoms with Gasteiger partial charge in [0.15, 0.2) is 0 Å². The molecule has 3 fully saturated rings. The molecule has 2 saturated carbocycles. The Morgan fingerprint density at radius 3 is 2.00 bits per heavy atom. The van der Waals surface area contributed by atoms with Crippen LogP contribution in [-0.4, -0.2) is 22.7 Å². The topological polar surface area (TPSA) is 20.2 Å². The monoisotopic (exact) mass is 170 g/mol. The van der Waals surface area contributed by atoms with Crippen molar-refractivity contribution in [3.05, 3.63) is 0 Å². The van der Waals surface area contributed by atoms with Crippen molar-refractivity contribution in [2.75, 3.05) is 11.5 Å². The van der Waals surface area contributed by atoms with Gasteiger partial charge in [0.1, 0.15) is 0 Å². The van der Waals surface area contributed by atoms with Crippen molar-refractivity contribution < 1.29 is 5.11 Å². The number of hydrogen-bond acceptors (Lipinski definition) is 2. The largest absolute Gasteiger partial charge is 0.393 e. The van der Waals surface area contributed by atoms with Gasteiger partial charge in [-0.3, -0.25) is 0 Å². The second-order valence-corrected chi connectivity index (χ2v) is 5.34. The van der Waals surface area contributed by atoms with Crippen molar-refractivity contribution in [1.29, 1.82) is 0 Å². The highest BCUT2D eigenvalue weighted by molar-refractivity contribution is 7.99. The molecule has 1 heterocycles. The molecule has 3 rings (SSSR count). The Morgan fingerprint density at radius 2 is 1.45 bits per heavy atom. The Kier molecular flexibility index (Phi) is 1.34. The van der Waals surface area contributed by atoms with E-state index in [2.05, 4.69) is 11.8 Å². The molecule has 0 aromatic carbocycles. The van der Waals surface area contributed by atoms with Crippen LogP contribution in [0.25, 0.3) is 0 Å². The summed E-state index contributed by atoms with van der Waals surface area (Å²) in [6.45, 7) is 0. The lowest BCUT2D eigenvalue weighted by molar-refractivity contribution is 0.119. The number of fused-ring (bicyclic) bond motifs is 5. The van der Waals surface area contributed by atoms with E-state index in [1.165, 1.54) is 24.3 Å². The Labute approximate surface area is 71.6 Å². The van der Waals surface area contributed by atoms with E-state index in [0.29, 0.717) is 11.8 Å². The molecule has 0 spiro atoms. The predicted molar refractivity (Wildman–Crippen MR) is 46.5 cm³/mol. The molecule has 1 nitrogen and oxygen atoms in total. The lowest BCUT2D eigenvalue weighted by Gasteiger charge is -2.21. The van der Waals surface area contributed by atoms with Gasteiger partial charge < -0.3 is 5.11 Å². The van der Waals surface area contributed by atoms with Crippen LogP contribution in [-0.2, 0) is 0 Å². The Morgan fingerprint density at radius 1 is 0.909 bits per heavy atom. The second-order valence-electron chi connectivity index (χ2n) is 4.26. The molecule has 1 unspecified atom stereocenters. The van der Waals surface area contributed by atoms with Crippen molar-refractivity contribution in [1.82, 2.24) is 0 Å². The number of aliphatic hydroxyl groups excluding tert-OH is 1. The van der Waals surface area contributed by atoms with Gasteiger partial charge in [-0.25, -0.2) is 0 Å². The van der Waals surface area contributed by atoms with Gasteiger partial charge in [0.2, 0.25) is 0 Å². The van der Waals surface area contributed by atoms with Crippen molar-refractivity contribution >= 4 is 11.8 Å². The summed E-state index contributed by atoms with van der Waals surface area (Å²) in [6.07, 6.45) is 2.71. The lowest BCUT2D eigenvalue weighted by Crippen LogP contribution is -2.19. The highest BCUT2D eigenvalue weighted by Gasteiger charge is 2.55. The Bertz CT molecular complexity index is 155. The van der Waals surface area contributed by atoms with Crippen LogP contribution in [0, 0.1) is 23.7 Å². The standard InChI is InChI=1S/C9H14OS/c10-9-5-1-2-6(9)8-4-11-3-7(5)8/h5-10H,1-4H2/t5-,6+,7+,8-,9?. The average Bonchev–Trinajstić information content (AvgIpc) is 2.61. The summed E-state index contributed by atoms with van der Waals surface area (Å²) in [4.78, 5) is 0. The first-order valence-corrected chi connectivity index (χ1v) is 5.79. The van der Waals surface area contributed by atoms with Gasteiger partial charge in [-0.15, -0.1) is 0 Å². The number of rotatable bonds is 0. The van der Waals surface area contributed by atoms with E-state index in [1.807, 2.05) is 0 Å². The van der Waals surface area contributed by atoms with E-state index in [0.717, 1.165) is 11.8 Å². The molecule has 5 atom stereocenters. The fraction of sp³-hybridized carbons (Fsp3) is 1.00. The van der Waals surface area contributed by atoms with Crippen LogP contribution in [0.3, 0.4) is 0 Å². The molecule has 1 N–H and O–H groups in total. The molecule has 2 aliphatic carbocycles. The van der Waals surface area contributed by atoms with Gasteiger partial charge in [0, 0.05) is 0 Å². The van der Waals surface area contributed by atoms with E-state index in [4.69, 9.17) is 0 Å². The normalized spacial score (nSPS) is 60.3. The molecule has 0 aromatic heterocycles. The van der Waals surface area contributed by atoms with E-state index in [9.17, 15) is 5.11 Å². The number of hydrogen-bond donors (Lipinski definition) is 1. The van der Waals surface area contributed by atoms with Gasteiger partial charge in [0.25, 0.3) is 0 Å². The summed E-state index contributed by atoms with van der Waals surface area (Å²) < 4.78 is 0. The van der Waals surface area contributed by atoms with Crippen LogP contribution in [0.15, 0.2) is 0 Å². The summed E-state index contributed by atoms with van der Waals surface area (Å²) in [6, 6.07) is 0. The first-order valence-electron chi connectivity index (χ1n) is 4.64. The van der Waals surface area contributed by atoms with Gasteiger partial charge >= 0.3 is 0 Å². The van der Waals surface area contributed by atoms with Gasteiger partial charge in [0.05, 0.1) is 6.10 Å². The van der Waals surface area contributed by atoms with Crippen LogP contribution in [0.4, 0.5) is 0 Å². The highest BCUT2D eigenvalue weighted by Crippen LogP contribution is 2.57. The number of thioether (sulfide) groups is 1. The SMILES string of the molecule is OC1[C@H]2CC[C@@H]1[C@@H]1CSC[C@@H]12. The fourth-order valence-electron chi connectivity index (χ4n) is 3.45. The maximum Gasteiger partial charge on any atom is 0.0602 e. The summed E-state index contributed by atoms with van der Waals surface area (Å²) in [5, 5.41) is 9.83. The van der Waals surface area contributed by atoms with Crippen molar-refractivity contribution in [3.63, 3.8) is 0 Å². The van der Waals surface area contributed by atoms with E-state index < -0.39 is 0 Å². The van der Waals surface area contributed by atoms with Crippen LogP contribution in [0.2, 0.25) is 0 Å². The van der Waals surface area contributed by atoms with Gasteiger partial charge in [-0.05, 0) is 48.0 Å². The molecule has 0 radical (unpaired) electrons. The summed E-state index contributed by atoms with van der Waals surface area (Å²) >= 11 is 2.10. The summed E-state index contributed by atoms with van der Waals surface area (Å²) in [7, 11) is 0. The molecular weight excluding hydrogens is 156 g/mol. The maximum atomic E-state index is 9.83. The minimum Gasteiger partial charge on any atom is -0.393 e. The summed E-state index contributed by atoms with van der Waals surface area (Å²) in [5.74, 6) is 5.86. The minimum absolute atomic E-state index is 0.0888. The molecule has 2 heteroatoms. The second kappa shape index (κ2) is 2.17. The molecule has 11 heavy (non-hydrogen) atoms. The molecule has 2 bridgehead atoms. The van der Waals surface area contributed by atoms with Crippen molar-refractivity contribution in [2.45, 2.75) is 18.9 Å². The zero-order chi connectivity index (χ0) is 7.42. The third-order valence-corrected chi connectivity index (χ3v) is 5.22. The first kappa shape index (κ1) is 6.79. The average molecular weight is 170 g/mol. The van der Waals surface area contributed by atoms with Crippen molar-refractivity contribution in [3.8, 4) is 0 Å². The summed E-state index contributed by atoms with van der Waals surface area (Å²) in [5.41, 5.74) is 0. The molecule has 3 aliphatic rings. The fourth-order valence-corrected chi connectivity index (χ4v) is 5.12. The molecule has 0 amide bonds. The lowest BCUT2D eigenvalue weighted by atomic mass is 9.82. The maximum absolute atomic E-state index is 9.83. The number of aliphatic hydroxyl groups is 1. The highest BCUT2D eigenvalue weighted by atomic mass is 32.2. The zero-order valence-corrected chi connectivity index (χ0v) is 7.39. The first-order chi connectivity index (χ1) is 5.38. The minimum atomic E-state index is 0.0888. The van der Waals surface area contributed by atoms with Crippen molar-refractivity contribution in [2.24, 2.45) is 23.7 Å². The molecular formula is C9H14OS. The van der Waals surface area contributed by atoms with Crippen LogP contribution in [0.5, 0.6) is 0 Å². The Balaban J connectivity index is 1.94. The van der Waals surface area contributed by atoms with E-state index in [1.54, 1.807) is 0 Å². The van der Waals surface area contributed by atoms with E-state index in [-0.39, 0.29) is 6.10 Å². The van der Waals surface area contributed by atoms with Crippen LogP contribution >= 0.6 is 11.8 Å². The third kappa shape index (κ3) is 0.726. The third-order valence-electron chi connectivity index (χ3n) is 3.98. The van der Waals surface area contributed by atoms with E-state index >= 15 is 0 Å².